The van der Waals surface area contributed by atoms with Crippen molar-refractivity contribution in [1.82, 2.24) is 0 Å². The van der Waals surface area contributed by atoms with Gasteiger partial charge in [0.15, 0.2) is 0 Å². The van der Waals surface area contributed by atoms with Gasteiger partial charge in [0.2, 0.25) is 0 Å². The van der Waals surface area contributed by atoms with E-state index in [1.807, 2.05) is 57.2 Å². The minimum absolute atomic E-state index is 0.0511. The molecule has 0 saturated heterocycles. The SMILES string of the molecule is CCOC(=O)c1scc(-c2ccc(C)cc2)c1S(=O)(=O)Nc1ccc(C)cc1C. The Labute approximate surface area is 175 Å². The van der Waals surface area contributed by atoms with Crippen LogP contribution in [0.1, 0.15) is 33.3 Å². The number of carbonyl (C=O) groups is 1. The van der Waals surface area contributed by atoms with Gasteiger partial charge in [-0.25, -0.2) is 13.2 Å². The first-order valence-electron chi connectivity index (χ1n) is 9.18. The molecule has 3 rings (SSSR count). The van der Waals surface area contributed by atoms with Crippen LogP contribution in [0.15, 0.2) is 52.7 Å². The van der Waals surface area contributed by atoms with Gasteiger partial charge in [-0.1, -0.05) is 47.5 Å². The Balaban J connectivity index is 2.14. The van der Waals surface area contributed by atoms with Crippen LogP contribution >= 0.6 is 11.3 Å². The van der Waals surface area contributed by atoms with Crippen LogP contribution in [0.25, 0.3) is 11.1 Å². The van der Waals surface area contributed by atoms with Crippen LogP contribution in [-0.4, -0.2) is 21.0 Å². The summed E-state index contributed by atoms with van der Waals surface area (Å²) in [6, 6.07) is 13.0. The number of rotatable bonds is 6. The molecule has 0 aliphatic rings. The standard InChI is InChI=1S/C22H23NO4S2/c1-5-27-22(24)20-21(18(13-28-20)17-9-6-14(2)7-10-17)29(25,26)23-19-11-8-15(3)12-16(19)4/h6-13,23H,5H2,1-4H3. The van der Waals surface area contributed by atoms with E-state index < -0.39 is 16.0 Å². The highest BCUT2D eigenvalue weighted by atomic mass is 32.2. The van der Waals surface area contributed by atoms with Crippen molar-refractivity contribution in [1.29, 1.82) is 0 Å². The molecular weight excluding hydrogens is 406 g/mol. The van der Waals surface area contributed by atoms with E-state index in [4.69, 9.17) is 4.74 Å². The van der Waals surface area contributed by atoms with Gasteiger partial charge in [-0.2, -0.15) is 0 Å². The van der Waals surface area contributed by atoms with Crippen molar-refractivity contribution in [2.45, 2.75) is 32.6 Å². The molecule has 0 unspecified atom stereocenters. The number of thiophene rings is 1. The van der Waals surface area contributed by atoms with E-state index in [9.17, 15) is 13.2 Å². The summed E-state index contributed by atoms with van der Waals surface area (Å²) in [6.07, 6.45) is 0. The van der Waals surface area contributed by atoms with Crippen molar-refractivity contribution in [2.24, 2.45) is 0 Å². The van der Waals surface area contributed by atoms with E-state index in [-0.39, 0.29) is 16.4 Å². The van der Waals surface area contributed by atoms with Gasteiger partial charge in [-0.3, -0.25) is 4.72 Å². The number of aryl methyl sites for hydroxylation is 3. The fourth-order valence-corrected chi connectivity index (χ4v) is 5.83. The summed E-state index contributed by atoms with van der Waals surface area (Å²) in [5.74, 6) is -0.642. The number of sulfonamides is 1. The smallest absolute Gasteiger partial charge is 0.349 e. The van der Waals surface area contributed by atoms with Crippen molar-refractivity contribution < 1.29 is 17.9 Å². The van der Waals surface area contributed by atoms with Crippen molar-refractivity contribution in [3.8, 4) is 11.1 Å². The Morgan fingerprint density at radius 2 is 1.69 bits per heavy atom. The lowest BCUT2D eigenvalue weighted by Crippen LogP contribution is -2.17. The zero-order valence-electron chi connectivity index (χ0n) is 16.8. The Bertz CT molecular complexity index is 1150. The number of anilines is 1. The third-order valence-electron chi connectivity index (χ3n) is 4.46. The first-order chi connectivity index (χ1) is 13.7. The normalized spacial score (nSPS) is 11.3. The van der Waals surface area contributed by atoms with Gasteiger partial charge < -0.3 is 4.74 Å². The van der Waals surface area contributed by atoms with E-state index in [1.165, 1.54) is 0 Å². The Morgan fingerprint density at radius 3 is 2.31 bits per heavy atom. The van der Waals surface area contributed by atoms with Gasteiger partial charge >= 0.3 is 5.97 Å². The molecule has 1 N–H and O–H groups in total. The lowest BCUT2D eigenvalue weighted by atomic mass is 10.1. The highest BCUT2D eigenvalue weighted by Gasteiger charge is 2.30. The average Bonchev–Trinajstić information content (AvgIpc) is 3.11. The van der Waals surface area contributed by atoms with Crippen LogP contribution < -0.4 is 4.72 Å². The molecule has 0 fully saturated rings. The zero-order chi connectivity index (χ0) is 21.2. The number of benzene rings is 2. The number of nitrogens with one attached hydrogen (secondary N) is 1. The molecule has 0 amide bonds. The third kappa shape index (κ3) is 4.52. The quantitative estimate of drug-likeness (QED) is 0.539. The minimum atomic E-state index is -4.03. The topological polar surface area (TPSA) is 72.5 Å². The molecule has 0 aliphatic heterocycles. The van der Waals surface area contributed by atoms with Gasteiger partial charge in [-0.15, -0.1) is 11.3 Å². The number of hydrogen-bond acceptors (Lipinski definition) is 5. The molecule has 1 aromatic heterocycles. The van der Waals surface area contributed by atoms with Crippen LogP contribution in [0.4, 0.5) is 5.69 Å². The van der Waals surface area contributed by atoms with Crippen LogP contribution in [0, 0.1) is 20.8 Å². The molecule has 0 spiro atoms. The lowest BCUT2D eigenvalue weighted by Gasteiger charge is -2.13. The maximum absolute atomic E-state index is 13.4. The molecular formula is C22H23NO4S2. The highest BCUT2D eigenvalue weighted by molar-refractivity contribution is 7.93. The molecule has 0 saturated carbocycles. The summed E-state index contributed by atoms with van der Waals surface area (Å²) in [7, 11) is -4.03. The van der Waals surface area contributed by atoms with Gasteiger partial charge in [0.25, 0.3) is 10.0 Å². The predicted octanol–water partition coefficient (Wildman–Crippen LogP) is 5.32. The largest absolute Gasteiger partial charge is 0.462 e. The third-order valence-corrected chi connectivity index (χ3v) is 7.00. The van der Waals surface area contributed by atoms with Crippen molar-refractivity contribution in [3.63, 3.8) is 0 Å². The predicted molar refractivity (Wildman–Crippen MR) is 117 cm³/mol. The van der Waals surface area contributed by atoms with Crippen LogP contribution in [-0.2, 0) is 14.8 Å². The average molecular weight is 430 g/mol. The minimum Gasteiger partial charge on any atom is -0.462 e. The molecule has 5 nitrogen and oxygen atoms in total. The summed E-state index contributed by atoms with van der Waals surface area (Å²) in [4.78, 5) is 12.5. The molecule has 0 atom stereocenters. The molecule has 0 aliphatic carbocycles. The molecule has 0 radical (unpaired) electrons. The molecule has 3 aromatic rings. The molecule has 0 bridgehead atoms. The van der Waals surface area contributed by atoms with E-state index in [2.05, 4.69) is 4.72 Å². The van der Waals surface area contributed by atoms with Crippen LogP contribution in [0.3, 0.4) is 0 Å². The second-order valence-electron chi connectivity index (χ2n) is 6.82. The van der Waals surface area contributed by atoms with Gasteiger partial charge in [0.1, 0.15) is 9.77 Å². The van der Waals surface area contributed by atoms with Crippen LogP contribution in [0.5, 0.6) is 0 Å². The van der Waals surface area contributed by atoms with E-state index in [0.717, 1.165) is 33.6 Å². The monoisotopic (exact) mass is 429 g/mol. The molecule has 29 heavy (non-hydrogen) atoms. The fourth-order valence-electron chi connectivity index (χ4n) is 3.01. The van der Waals surface area contributed by atoms with E-state index >= 15 is 0 Å². The van der Waals surface area contributed by atoms with E-state index in [1.54, 1.807) is 18.4 Å². The second kappa shape index (κ2) is 8.39. The van der Waals surface area contributed by atoms with E-state index in [0.29, 0.717) is 11.3 Å². The number of carbonyl (C=O) groups excluding carboxylic acids is 1. The second-order valence-corrected chi connectivity index (χ2v) is 9.32. The van der Waals surface area contributed by atoms with Gasteiger partial charge in [-0.05, 0) is 44.9 Å². The summed E-state index contributed by atoms with van der Waals surface area (Å²) in [5, 5.41) is 1.69. The molecule has 2 aromatic carbocycles. The Morgan fingerprint density at radius 1 is 1.03 bits per heavy atom. The molecule has 1 heterocycles. The van der Waals surface area contributed by atoms with Gasteiger partial charge in [0.05, 0.1) is 12.3 Å². The summed E-state index contributed by atoms with van der Waals surface area (Å²) in [6.45, 7) is 7.60. The van der Waals surface area contributed by atoms with Crippen LogP contribution in [0.2, 0.25) is 0 Å². The maximum atomic E-state index is 13.4. The van der Waals surface area contributed by atoms with Crippen molar-refractivity contribution in [3.05, 3.63) is 69.4 Å². The summed E-state index contributed by atoms with van der Waals surface area (Å²) < 4.78 is 34.5. The highest BCUT2D eigenvalue weighted by Crippen LogP contribution is 2.37. The van der Waals surface area contributed by atoms with Crippen molar-refractivity contribution >= 4 is 33.0 Å². The number of ether oxygens (including phenoxy) is 1. The number of esters is 1. The van der Waals surface area contributed by atoms with Crippen molar-refractivity contribution in [2.75, 3.05) is 11.3 Å². The Kier molecular flexibility index (Phi) is 6.10. The molecule has 152 valence electrons. The fraction of sp³-hybridized carbons (Fsp3) is 0.227. The first kappa shape index (κ1) is 21.1. The number of hydrogen-bond donors (Lipinski definition) is 1. The lowest BCUT2D eigenvalue weighted by molar-refractivity contribution is 0.0528. The first-order valence-corrected chi connectivity index (χ1v) is 11.5. The summed E-state index contributed by atoms with van der Waals surface area (Å²) >= 11 is 1.07. The zero-order valence-corrected chi connectivity index (χ0v) is 18.4. The maximum Gasteiger partial charge on any atom is 0.349 e. The summed E-state index contributed by atoms with van der Waals surface area (Å²) in [5.41, 5.74) is 4.59. The Hall–Kier alpha value is -2.64. The van der Waals surface area contributed by atoms with Gasteiger partial charge in [0, 0.05) is 10.9 Å². The molecule has 7 heteroatoms.